The highest BCUT2D eigenvalue weighted by Gasteiger charge is 1.98. The Labute approximate surface area is 107 Å². The largest absolute Gasteiger partial charge is 0.0945 e. The Kier molecular flexibility index (Phi) is 4.45. The lowest BCUT2D eigenvalue weighted by Gasteiger charge is -2.04. The van der Waals surface area contributed by atoms with Crippen LogP contribution >= 0.6 is 11.8 Å². The van der Waals surface area contributed by atoms with Crippen LogP contribution in [0.3, 0.4) is 0 Å². The predicted octanol–water partition coefficient (Wildman–Crippen LogP) is 5.23. The molecule has 2 aromatic rings. The number of thioether (sulfide) groups is 1. The second-order valence-electron chi connectivity index (χ2n) is 3.79. The van der Waals surface area contributed by atoms with Gasteiger partial charge in [-0.2, -0.15) is 0 Å². The van der Waals surface area contributed by atoms with Gasteiger partial charge >= 0.3 is 0 Å². The van der Waals surface area contributed by atoms with Crippen molar-refractivity contribution in [2.75, 3.05) is 0 Å². The van der Waals surface area contributed by atoms with Crippen molar-refractivity contribution >= 4 is 17.8 Å². The van der Waals surface area contributed by atoms with Gasteiger partial charge < -0.3 is 0 Å². The lowest BCUT2D eigenvalue weighted by atomic mass is 10.2. The van der Waals surface area contributed by atoms with E-state index in [0.717, 1.165) is 6.42 Å². The van der Waals surface area contributed by atoms with Gasteiger partial charge in [0.15, 0.2) is 0 Å². The SMILES string of the molecule is CC/C(=C\c1ccccc1)Sc1ccccc1. The van der Waals surface area contributed by atoms with Gasteiger partial charge in [-0.25, -0.2) is 0 Å². The van der Waals surface area contributed by atoms with Crippen molar-refractivity contribution in [1.29, 1.82) is 0 Å². The minimum Gasteiger partial charge on any atom is -0.0945 e. The van der Waals surface area contributed by atoms with Gasteiger partial charge in [0, 0.05) is 4.90 Å². The molecule has 2 aromatic carbocycles. The van der Waals surface area contributed by atoms with Crippen LogP contribution in [0.15, 0.2) is 70.5 Å². The van der Waals surface area contributed by atoms with Crippen LogP contribution in [0.25, 0.3) is 6.08 Å². The molecule has 0 fully saturated rings. The predicted molar refractivity (Wildman–Crippen MR) is 77.0 cm³/mol. The van der Waals surface area contributed by atoms with Crippen molar-refractivity contribution < 1.29 is 0 Å². The maximum Gasteiger partial charge on any atom is 0.0119 e. The number of hydrogen-bond donors (Lipinski definition) is 0. The molecule has 0 radical (unpaired) electrons. The van der Waals surface area contributed by atoms with Crippen molar-refractivity contribution in [3.05, 3.63) is 71.1 Å². The quantitative estimate of drug-likeness (QED) is 0.659. The topological polar surface area (TPSA) is 0 Å². The molecule has 0 aliphatic carbocycles. The molecule has 1 heteroatoms. The molecule has 0 N–H and O–H groups in total. The summed E-state index contributed by atoms with van der Waals surface area (Å²) in [7, 11) is 0. The third-order valence-electron chi connectivity index (χ3n) is 2.47. The molecule has 0 heterocycles. The van der Waals surface area contributed by atoms with E-state index in [1.165, 1.54) is 15.4 Å². The van der Waals surface area contributed by atoms with Crippen LogP contribution in [0.4, 0.5) is 0 Å². The maximum atomic E-state index is 2.26. The zero-order valence-electron chi connectivity index (χ0n) is 9.97. The van der Waals surface area contributed by atoms with E-state index in [1.54, 1.807) is 0 Å². The fraction of sp³-hybridized carbons (Fsp3) is 0.125. The summed E-state index contributed by atoms with van der Waals surface area (Å²) in [5, 5.41) is 0. The van der Waals surface area contributed by atoms with Crippen molar-refractivity contribution in [2.24, 2.45) is 0 Å². The Morgan fingerprint density at radius 1 is 0.941 bits per heavy atom. The van der Waals surface area contributed by atoms with E-state index in [1.807, 2.05) is 17.8 Å². The highest BCUT2D eigenvalue weighted by molar-refractivity contribution is 8.03. The van der Waals surface area contributed by atoms with Gasteiger partial charge in [-0.05, 0) is 35.1 Å². The highest BCUT2D eigenvalue weighted by Crippen LogP contribution is 2.29. The summed E-state index contributed by atoms with van der Waals surface area (Å²) >= 11 is 1.84. The Bertz CT molecular complexity index is 471. The Morgan fingerprint density at radius 2 is 1.53 bits per heavy atom. The maximum absolute atomic E-state index is 2.26. The molecular weight excluding hydrogens is 224 g/mol. The van der Waals surface area contributed by atoms with Gasteiger partial charge in [-0.3, -0.25) is 0 Å². The smallest absolute Gasteiger partial charge is 0.0119 e. The molecule has 0 atom stereocenters. The van der Waals surface area contributed by atoms with Crippen LogP contribution in [-0.2, 0) is 0 Å². The van der Waals surface area contributed by atoms with E-state index in [2.05, 4.69) is 67.6 Å². The summed E-state index contributed by atoms with van der Waals surface area (Å²) in [5.74, 6) is 0. The van der Waals surface area contributed by atoms with Crippen LogP contribution in [0, 0.1) is 0 Å². The van der Waals surface area contributed by atoms with Crippen LogP contribution in [0.1, 0.15) is 18.9 Å². The molecule has 0 aliphatic rings. The van der Waals surface area contributed by atoms with Crippen LogP contribution in [0.5, 0.6) is 0 Å². The van der Waals surface area contributed by atoms with E-state index in [0.29, 0.717) is 0 Å². The summed E-state index contributed by atoms with van der Waals surface area (Å²) in [6.45, 7) is 2.20. The molecule has 0 aromatic heterocycles. The van der Waals surface area contributed by atoms with Gasteiger partial charge in [-0.1, -0.05) is 67.2 Å². The molecule has 0 amide bonds. The summed E-state index contributed by atoms with van der Waals surface area (Å²) in [5.41, 5.74) is 1.27. The normalized spacial score (nSPS) is 11.5. The third kappa shape index (κ3) is 3.79. The van der Waals surface area contributed by atoms with Crippen LogP contribution < -0.4 is 0 Å². The minimum atomic E-state index is 1.06. The van der Waals surface area contributed by atoms with Crippen molar-refractivity contribution in [3.8, 4) is 0 Å². The minimum absolute atomic E-state index is 1.06. The third-order valence-corrected chi connectivity index (χ3v) is 3.64. The number of allylic oxidation sites excluding steroid dienone is 1. The highest BCUT2D eigenvalue weighted by atomic mass is 32.2. The first kappa shape index (κ1) is 12.0. The molecule has 0 saturated carbocycles. The molecular formula is C16H16S. The number of benzene rings is 2. The fourth-order valence-electron chi connectivity index (χ4n) is 1.58. The Morgan fingerprint density at radius 3 is 2.12 bits per heavy atom. The van der Waals surface area contributed by atoms with Crippen molar-refractivity contribution in [2.45, 2.75) is 18.2 Å². The summed E-state index contributed by atoms with van der Waals surface area (Å²) in [4.78, 5) is 2.69. The van der Waals surface area contributed by atoms with Gasteiger partial charge in [0.1, 0.15) is 0 Å². The van der Waals surface area contributed by atoms with E-state index in [-0.39, 0.29) is 0 Å². The zero-order valence-corrected chi connectivity index (χ0v) is 10.8. The van der Waals surface area contributed by atoms with Crippen molar-refractivity contribution in [3.63, 3.8) is 0 Å². The van der Waals surface area contributed by atoms with E-state index < -0.39 is 0 Å². The summed E-state index contributed by atoms with van der Waals surface area (Å²) in [6, 6.07) is 21.0. The molecule has 17 heavy (non-hydrogen) atoms. The molecule has 0 aliphatic heterocycles. The molecule has 0 saturated heterocycles. The number of rotatable bonds is 4. The van der Waals surface area contributed by atoms with E-state index in [4.69, 9.17) is 0 Å². The Balaban J connectivity index is 2.15. The van der Waals surface area contributed by atoms with Gasteiger partial charge in [0.2, 0.25) is 0 Å². The second kappa shape index (κ2) is 6.31. The lowest BCUT2D eigenvalue weighted by molar-refractivity contribution is 1.21. The average molecular weight is 240 g/mol. The first-order chi connectivity index (χ1) is 8.38. The second-order valence-corrected chi connectivity index (χ2v) is 4.99. The first-order valence-corrected chi connectivity index (χ1v) is 6.68. The number of hydrogen-bond acceptors (Lipinski definition) is 1. The Hall–Kier alpha value is -1.47. The molecule has 0 nitrogen and oxygen atoms in total. The van der Waals surface area contributed by atoms with E-state index >= 15 is 0 Å². The first-order valence-electron chi connectivity index (χ1n) is 5.87. The molecule has 0 spiro atoms. The average Bonchev–Trinajstić information content (AvgIpc) is 2.40. The van der Waals surface area contributed by atoms with Gasteiger partial charge in [0.25, 0.3) is 0 Å². The fourth-order valence-corrected chi connectivity index (χ4v) is 2.51. The molecule has 0 bridgehead atoms. The van der Waals surface area contributed by atoms with Gasteiger partial charge in [-0.15, -0.1) is 0 Å². The summed E-state index contributed by atoms with van der Waals surface area (Å²) < 4.78 is 0. The zero-order chi connectivity index (χ0) is 11.9. The standard InChI is InChI=1S/C16H16S/c1-2-15(13-14-9-5-3-6-10-14)17-16-11-7-4-8-12-16/h3-13H,2H2,1H3/b15-13+. The summed E-state index contributed by atoms with van der Waals surface area (Å²) in [6.07, 6.45) is 3.33. The molecule has 86 valence electrons. The molecule has 0 unspecified atom stereocenters. The lowest BCUT2D eigenvalue weighted by Crippen LogP contribution is -1.77. The monoisotopic (exact) mass is 240 g/mol. The van der Waals surface area contributed by atoms with Crippen molar-refractivity contribution in [1.82, 2.24) is 0 Å². The van der Waals surface area contributed by atoms with E-state index in [9.17, 15) is 0 Å². The van der Waals surface area contributed by atoms with Gasteiger partial charge in [0.05, 0.1) is 0 Å². The van der Waals surface area contributed by atoms with Crippen LogP contribution in [0.2, 0.25) is 0 Å². The molecule has 2 rings (SSSR count). The van der Waals surface area contributed by atoms with Crippen LogP contribution in [-0.4, -0.2) is 0 Å².